The SMILES string of the molecule is CCCCN1CCC(NC(=O)CC(N)c2ccccc2)CC1. The summed E-state index contributed by atoms with van der Waals surface area (Å²) in [5.41, 5.74) is 7.13. The van der Waals surface area contributed by atoms with Crippen molar-refractivity contribution in [3.63, 3.8) is 0 Å². The highest BCUT2D eigenvalue weighted by molar-refractivity contribution is 5.77. The number of nitrogens with one attached hydrogen (secondary N) is 1. The molecule has 1 fully saturated rings. The number of amides is 1. The van der Waals surface area contributed by atoms with Gasteiger partial charge < -0.3 is 16.0 Å². The van der Waals surface area contributed by atoms with Crippen LogP contribution >= 0.6 is 0 Å². The maximum Gasteiger partial charge on any atom is 0.222 e. The summed E-state index contributed by atoms with van der Waals surface area (Å²) in [6.07, 6.45) is 4.98. The molecule has 1 aliphatic heterocycles. The molecule has 1 aliphatic rings. The van der Waals surface area contributed by atoms with Crippen LogP contribution in [0.5, 0.6) is 0 Å². The van der Waals surface area contributed by atoms with E-state index in [0.717, 1.165) is 31.5 Å². The highest BCUT2D eigenvalue weighted by atomic mass is 16.1. The topological polar surface area (TPSA) is 58.4 Å². The van der Waals surface area contributed by atoms with Crippen LogP contribution in [0.2, 0.25) is 0 Å². The number of rotatable bonds is 7. The fourth-order valence-electron chi connectivity index (χ4n) is 2.99. The quantitative estimate of drug-likeness (QED) is 0.813. The minimum atomic E-state index is -0.217. The fraction of sp³-hybridized carbons (Fsp3) is 0.611. The van der Waals surface area contributed by atoms with Crippen molar-refractivity contribution in [2.24, 2.45) is 5.73 Å². The molecule has 0 radical (unpaired) electrons. The molecule has 0 bridgehead atoms. The van der Waals surface area contributed by atoms with E-state index in [-0.39, 0.29) is 11.9 Å². The summed E-state index contributed by atoms with van der Waals surface area (Å²) < 4.78 is 0. The Balaban J connectivity index is 1.70. The number of hydrogen-bond donors (Lipinski definition) is 2. The lowest BCUT2D eigenvalue weighted by Crippen LogP contribution is -2.45. The Morgan fingerprint density at radius 3 is 2.64 bits per heavy atom. The van der Waals surface area contributed by atoms with E-state index in [9.17, 15) is 4.79 Å². The van der Waals surface area contributed by atoms with Gasteiger partial charge >= 0.3 is 0 Å². The van der Waals surface area contributed by atoms with Crippen molar-refractivity contribution in [1.82, 2.24) is 10.2 Å². The predicted octanol–water partition coefficient (Wildman–Crippen LogP) is 2.46. The fourth-order valence-corrected chi connectivity index (χ4v) is 2.99. The first kappa shape index (κ1) is 17.0. The Hall–Kier alpha value is -1.39. The highest BCUT2D eigenvalue weighted by Gasteiger charge is 2.21. The lowest BCUT2D eigenvalue weighted by molar-refractivity contribution is -0.122. The molecule has 1 saturated heterocycles. The van der Waals surface area contributed by atoms with Gasteiger partial charge in [0.2, 0.25) is 5.91 Å². The first-order valence-electron chi connectivity index (χ1n) is 8.51. The molecule has 0 aromatic heterocycles. The summed E-state index contributed by atoms with van der Waals surface area (Å²) >= 11 is 0. The van der Waals surface area contributed by atoms with Crippen LogP contribution in [0.25, 0.3) is 0 Å². The monoisotopic (exact) mass is 303 g/mol. The third-order valence-corrected chi connectivity index (χ3v) is 4.41. The minimum Gasteiger partial charge on any atom is -0.353 e. The summed E-state index contributed by atoms with van der Waals surface area (Å²) in [6, 6.07) is 9.93. The summed E-state index contributed by atoms with van der Waals surface area (Å²) in [5.74, 6) is 0.0726. The van der Waals surface area contributed by atoms with Gasteiger partial charge in [0.25, 0.3) is 0 Å². The molecule has 0 aliphatic carbocycles. The molecule has 1 aromatic carbocycles. The number of carbonyl (C=O) groups is 1. The third kappa shape index (κ3) is 5.43. The number of piperidine rings is 1. The van der Waals surface area contributed by atoms with Crippen LogP contribution in [0.1, 0.15) is 50.6 Å². The number of unbranched alkanes of at least 4 members (excludes halogenated alkanes) is 1. The summed E-state index contributed by atoms with van der Waals surface area (Å²) in [4.78, 5) is 14.6. The Morgan fingerprint density at radius 1 is 1.32 bits per heavy atom. The average Bonchev–Trinajstić information content (AvgIpc) is 2.55. The second kappa shape index (κ2) is 8.91. The molecule has 3 N–H and O–H groups in total. The number of carbonyl (C=O) groups excluding carboxylic acids is 1. The molecule has 1 atom stereocenters. The number of benzene rings is 1. The molecule has 1 heterocycles. The van der Waals surface area contributed by atoms with Crippen molar-refractivity contribution < 1.29 is 4.79 Å². The second-order valence-corrected chi connectivity index (χ2v) is 6.26. The molecule has 1 unspecified atom stereocenters. The molecule has 0 saturated carbocycles. The molecule has 22 heavy (non-hydrogen) atoms. The molecular weight excluding hydrogens is 274 g/mol. The van der Waals surface area contributed by atoms with E-state index in [1.807, 2.05) is 30.3 Å². The van der Waals surface area contributed by atoms with Gasteiger partial charge in [-0.3, -0.25) is 4.79 Å². The molecular formula is C18H29N3O. The van der Waals surface area contributed by atoms with Crippen molar-refractivity contribution in [3.8, 4) is 0 Å². The Kier molecular flexibility index (Phi) is 6.87. The number of hydrogen-bond acceptors (Lipinski definition) is 3. The van der Waals surface area contributed by atoms with E-state index in [4.69, 9.17) is 5.73 Å². The van der Waals surface area contributed by atoms with Gasteiger partial charge in [-0.1, -0.05) is 43.7 Å². The van der Waals surface area contributed by atoms with Crippen LogP contribution < -0.4 is 11.1 Å². The molecule has 4 nitrogen and oxygen atoms in total. The zero-order chi connectivity index (χ0) is 15.8. The van der Waals surface area contributed by atoms with Gasteiger partial charge in [-0.05, 0) is 31.4 Å². The van der Waals surface area contributed by atoms with Crippen LogP contribution in [0.4, 0.5) is 0 Å². The maximum atomic E-state index is 12.1. The highest BCUT2D eigenvalue weighted by Crippen LogP contribution is 2.15. The van der Waals surface area contributed by atoms with Crippen molar-refractivity contribution in [2.45, 2.75) is 51.1 Å². The van der Waals surface area contributed by atoms with Crippen molar-refractivity contribution in [3.05, 3.63) is 35.9 Å². The zero-order valence-corrected chi connectivity index (χ0v) is 13.6. The lowest BCUT2D eigenvalue weighted by Gasteiger charge is -2.32. The number of likely N-dealkylation sites (tertiary alicyclic amines) is 1. The average molecular weight is 303 g/mol. The molecule has 4 heteroatoms. The van der Waals surface area contributed by atoms with Gasteiger partial charge in [-0.2, -0.15) is 0 Å². The molecule has 2 rings (SSSR count). The predicted molar refractivity (Wildman–Crippen MR) is 90.5 cm³/mol. The van der Waals surface area contributed by atoms with E-state index in [0.29, 0.717) is 12.5 Å². The van der Waals surface area contributed by atoms with E-state index in [1.54, 1.807) is 0 Å². The van der Waals surface area contributed by atoms with Gasteiger partial charge in [-0.25, -0.2) is 0 Å². The summed E-state index contributed by atoms with van der Waals surface area (Å²) in [5, 5.41) is 3.15. The first-order valence-corrected chi connectivity index (χ1v) is 8.51. The van der Waals surface area contributed by atoms with Gasteiger partial charge in [0, 0.05) is 31.6 Å². The van der Waals surface area contributed by atoms with Crippen LogP contribution in [-0.2, 0) is 4.79 Å². The Bertz CT molecular complexity index is 441. The molecule has 0 spiro atoms. The Morgan fingerprint density at radius 2 is 2.00 bits per heavy atom. The largest absolute Gasteiger partial charge is 0.353 e. The van der Waals surface area contributed by atoms with E-state index in [1.165, 1.54) is 19.4 Å². The smallest absolute Gasteiger partial charge is 0.222 e. The van der Waals surface area contributed by atoms with E-state index >= 15 is 0 Å². The van der Waals surface area contributed by atoms with Gasteiger partial charge in [-0.15, -0.1) is 0 Å². The van der Waals surface area contributed by atoms with Crippen molar-refractivity contribution in [2.75, 3.05) is 19.6 Å². The third-order valence-electron chi connectivity index (χ3n) is 4.41. The molecule has 1 aromatic rings. The maximum absolute atomic E-state index is 12.1. The van der Waals surface area contributed by atoms with Gasteiger partial charge in [0.05, 0.1) is 0 Å². The second-order valence-electron chi connectivity index (χ2n) is 6.26. The van der Waals surface area contributed by atoms with Crippen LogP contribution in [0.15, 0.2) is 30.3 Å². The normalized spacial score (nSPS) is 18.1. The minimum absolute atomic E-state index is 0.0726. The molecule has 122 valence electrons. The van der Waals surface area contributed by atoms with Crippen LogP contribution in [-0.4, -0.2) is 36.5 Å². The summed E-state index contributed by atoms with van der Waals surface area (Å²) in [7, 11) is 0. The standard InChI is InChI=1S/C18H29N3O/c1-2-3-11-21-12-9-16(10-13-21)20-18(22)14-17(19)15-7-5-4-6-8-15/h4-8,16-17H,2-3,9-14,19H2,1H3,(H,20,22). The Labute approximate surface area is 134 Å². The van der Waals surface area contributed by atoms with Crippen molar-refractivity contribution >= 4 is 5.91 Å². The summed E-state index contributed by atoms with van der Waals surface area (Å²) in [6.45, 7) is 5.60. The first-order chi connectivity index (χ1) is 10.7. The van der Waals surface area contributed by atoms with Gasteiger partial charge in [0.1, 0.15) is 0 Å². The van der Waals surface area contributed by atoms with E-state index in [2.05, 4.69) is 17.1 Å². The lowest BCUT2D eigenvalue weighted by atomic mass is 10.0. The number of nitrogens with zero attached hydrogens (tertiary/aromatic N) is 1. The number of nitrogens with two attached hydrogens (primary N) is 1. The van der Waals surface area contributed by atoms with Crippen LogP contribution in [0.3, 0.4) is 0 Å². The van der Waals surface area contributed by atoms with Crippen molar-refractivity contribution in [1.29, 1.82) is 0 Å². The molecule has 1 amide bonds. The zero-order valence-electron chi connectivity index (χ0n) is 13.6. The van der Waals surface area contributed by atoms with Crippen LogP contribution in [0, 0.1) is 0 Å². The van der Waals surface area contributed by atoms with E-state index < -0.39 is 0 Å². The van der Waals surface area contributed by atoms with Gasteiger partial charge in [0.15, 0.2) is 0 Å².